The molecule has 2 heterocycles. The Labute approximate surface area is 136 Å². The summed E-state index contributed by atoms with van der Waals surface area (Å²) in [6.45, 7) is 9.28. The fourth-order valence-electron chi connectivity index (χ4n) is 2.93. The zero-order valence-electron chi connectivity index (χ0n) is 14.6. The highest BCUT2D eigenvalue weighted by Crippen LogP contribution is 2.10. The molecule has 0 spiro atoms. The van der Waals surface area contributed by atoms with Crippen molar-refractivity contribution in [2.45, 2.75) is 71.6 Å². The normalized spacial score (nSPS) is 19.8. The van der Waals surface area contributed by atoms with E-state index in [0.717, 1.165) is 58.3 Å². The Morgan fingerprint density at radius 3 is 2.23 bits per heavy atom. The van der Waals surface area contributed by atoms with Crippen molar-refractivity contribution < 1.29 is 9.59 Å². The molecule has 2 aliphatic heterocycles. The predicted octanol–water partition coefficient (Wildman–Crippen LogP) is 3.25. The summed E-state index contributed by atoms with van der Waals surface area (Å²) in [5.41, 5.74) is 0. The van der Waals surface area contributed by atoms with Crippen molar-refractivity contribution in [3.05, 3.63) is 0 Å². The van der Waals surface area contributed by atoms with Crippen molar-refractivity contribution in [3.63, 3.8) is 0 Å². The monoisotopic (exact) mass is 310 g/mol. The van der Waals surface area contributed by atoms with Crippen LogP contribution in [-0.4, -0.2) is 54.2 Å². The fraction of sp³-hybridized carbons (Fsp3) is 0.889. The van der Waals surface area contributed by atoms with Gasteiger partial charge in [0.05, 0.1) is 6.54 Å². The van der Waals surface area contributed by atoms with Gasteiger partial charge in [-0.2, -0.15) is 0 Å². The molecule has 0 saturated carbocycles. The highest BCUT2D eigenvalue weighted by molar-refractivity contribution is 5.81. The molecule has 0 aromatic rings. The minimum Gasteiger partial charge on any atom is -0.343 e. The van der Waals surface area contributed by atoms with Crippen LogP contribution >= 0.6 is 0 Å². The van der Waals surface area contributed by atoms with E-state index in [1.807, 2.05) is 4.90 Å². The van der Waals surface area contributed by atoms with Crippen LogP contribution in [0, 0.1) is 0 Å². The van der Waals surface area contributed by atoms with Crippen molar-refractivity contribution in [2.75, 3.05) is 32.7 Å². The van der Waals surface area contributed by atoms with E-state index in [9.17, 15) is 9.59 Å². The lowest BCUT2D eigenvalue weighted by Crippen LogP contribution is -2.36. The van der Waals surface area contributed by atoms with E-state index >= 15 is 0 Å². The van der Waals surface area contributed by atoms with E-state index in [2.05, 4.69) is 18.7 Å². The minimum atomic E-state index is 0.365. The lowest BCUT2D eigenvalue weighted by molar-refractivity contribution is -0.133. The Morgan fingerprint density at radius 1 is 0.864 bits per heavy atom. The molecule has 22 heavy (non-hydrogen) atoms. The molecule has 2 fully saturated rings. The van der Waals surface area contributed by atoms with Gasteiger partial charge in [0.15, 0.2) is 0 Å². The number of carbonyl (C=O) groups is 2. The maximum Gasteiger partial charge on any atom is 0.222 e. The third-order valence-corrected chi connectivity index (χ3v) is 4.36. The van der Waals surface area contributed by atoms with Crippen LogP contribution in [0.15, 0.2) is 0 Å². The third kappa shape index (κ3) is 7.92. The second-order valence-electron chi connectivity index (χ2n) is 6.46. The number of carbonyl (C=O) groups excluding carboxylic acids is 2. The summed E-state index contributed by atoms with van der Waals surface area (Å²) in [6.07, 6.45) is 9.76. The van der Waals surface area contributed by atoms with E-state index in [0.29, 0.717) is 18.2 Å². The van der Waals surface area contributed by atoms with E-state index in [-0.39, 0.29) is 0 Å². The van der Waals surface area contributed by atoms with Gasteiger partial charge in [0, 0.05) is 25.9 Å². The first-order valence-corrected chi connectivity index (χ1v) is 9.19. The number of likely N-dealkylation sites (tertiary alicyclic amines) is 2. The highest BCUT2D eigenvalue weighted by atomic mass is 16.2. The van der Waals surface area contributed by atoms with Gasteiger partial charge in [-0.25, -0.2) is 0 Å². The first kappa shape index (κ1) is 19.1. The molecule has 2 rings (SSSR count). The number of hydrogen-bond acceptors (Lipinski definition) is 3. The van der Waals surface area contributed by atoms with Crippen molar-refractivity contribution in [1.82, 2.24) is 9.80 Å². The standard InChI is InChI=1S/2C9H17NO/c1-2-3-7-10-8-5-4-6-9(10)11;1-2-3-6-10-7-4-5-9(11)8-10/h2*2-8H2,1H3. The molecule has 4 heteroatoms. The van der Waals surface area contributed by atoms with Crippen molar-refractivity contribution in [2.24, 2.45) is 0 Å². The first-order chi connectivity index (χ1) is 10.7. The Kier molecular flexibility index (Phi) is 10.1. The summed E-state index contributed by atoms with van der Waals surface area (Å²) in [5, 5.41) is 0. The molecule has 0 bridgehead atoms. The van der Waals surface area contributed by atoms with E-state index in [1.54, 1.807) is 0 Å². The molecule has 0 atom stereocenters. The summed E-state index contributed by atoms with van der Waals surface area (Å²) < 4.78 is 0. The van der Waals surface area contributed by atoms with Crippen LogP contribution in [0.25, 0.3) is 0 Å². The predicted molar refractivity (Wildman–Crippen MR) is 90.9 cm³/mol. The first-order valence-electron chi connectivity index (χ1n) is 9.19. The van der Waals surface area contributed by atoms with E-state index < -0.39 is 0 Å². The molecule has 0 aliphatic carbocycles. The van der Waals surface area contributed by atoms with Crippen LogP contribution < -0.4 is 0 Å². The van der Waals surface area contributed by atoms with Crippen molar-refractivity contribution >= 4 is 11.7 Å². The number of rotatable bonds is 6. The Hall–Kier alpha value is -0.900. The number of nitrogens with zero attached hydrogens (tertiary/aromatic N) is 2. The quantitative estimate of drug-likeness (QED) is 0.756. The summed E-state index contributed by atoms with van der Waals surface area (Å²) in [7, 11) is 0. The Morgan fingerprint density at radius 2 is 1.59 bits per heavy atom. The average molecular weight is 310 g/mol. The molecule has 2 saturated heterocycles. The van der Waals surface area contributed by atoms with Crippen LogP contribution in [-0.2, 0) is 9.59 Å². The zero-order valence-corrected chi connectivity index (χ0v) is 14.6. The van der Waals surface area contributed by atoms with E-state index in [4.69, 9.17) is 0 Å². The molecule has 4 nitrogen and oxygen atoms in total. The van der Waals surface area contributed by atoms with Gasteiger partial charge >= 0.3 is 0 Å². The summed E-state index contributed by atoms with van der Waals surface area (Å²) in [6, 6.07) is 0. The molecule has 2 aliphatic rings. The van der Waals surface area contributed by atoms with Crippen LogP contribution in [0.1, 0.15) is 71.6 Å². The van der Waals surface area contributed by atoms with Gasteiger partial charge < -0.3 is 4.90 Å². The van der Waals surface area contributed by atoms with Crippen LogP contribution in [0.2, 0.25) is 0 Å². The van der Waals surface area contributed by atoms with Gasteiger partial charge in [-0.05, 0) is 45.2 Å². The second-order valence-corrected chi connectivity index (χ2v) is 6.46. The molecule has 0 N–H and O–H groups in total. The largest absolute Gasteiger partial charge is 0.343 e. The maximum absolute atomic E-state index is 11.2. The lowest BCUT2D eigenvalue weighted by atomic mass is 10.1. The van der Waals surface area contributed by atoms with Crippen molar-refractivity contribution in [3.8, 4) is 0 Å². The minimum absolute atomic E-state index is 0.365. The van der Waals surface area contributed by atoms with Gasteiger partial charge in [0.2, 0.25) is 5.91 Å². The summed E-state index contributed by atoms with van der Waals surface area (Å²) in [5.74, 6) is 0.789. The van der Waals surface area contributed by atoms with Crippen LogP contribution in [0.3, 0.4) is 0 Å². The van der Waals surface area contributed by atoms with E-state index in [1.165, 1.54) is 25.7 Å². The van der Waals surface area contributed by atoms with Gasteiger partial charge in [-0.1, -0.05) is 26.7 Å². The third-order valence-electron chi connectivity index (χ3n) is 4.36. The number of piperidine rings is 2. The van der Waals surface area contributed by atoms with Gasteiger partial charge in [0.25, 0.3) is 0 Å². The lowest BCUT2D eigenvalue weighted by Gasteiger charge is -2.26. The molecule has 0 aromatic carbocycles. The van der Waals surface area contributed by atoms with Crippen molar-refractivity contribution in [1.29, 1.82) is 0 Å². The molecular weight excluding hydrogens is 276 g/mol. The van der Waals surface area contributed by atoms with Crippen LogP contribution in [0.5, 0.6) is 0 Å². The van der Waals surface area contributed by atoms with Gasteiger partial charge in [0.1, 0.15) is 5.78 Å². The van der Waals surface area contributed by atoms with Crippen LogP contribution in [0.4, 0.5) is 0 Å². The number of Topliss-reactive ketones (excluding diaryl/α,β-unsaturated/α-hetero) is 1. The molecular formula is C18H34N2O2. The average Bonchev–Trinajstić information content (AvgIpc) is 2.53. The molecule has 0 radical (unpaired) electrons. The molecule has 1 amide bonds. The summed E-state index contributed by atoms with van der Waals surface area (Å²) >= 11 is 0. The fourth-order valence-corrected chi connectivity index (χ4v) is 2.93. The molecule has 0 aromatic heterocycles. The Bertz CT molecular complexity index is 331. The second kappa shape index (κ2) is 11.6. The molecule has 128 valence electrons. The maximum atomic E-state index is 11.2. The smallest absolute Gasteiger partial charge is 0.222 e. The number of hydrogen-bond donors (Lipinski definition) is 0. The van der Waals surface area contributed by atoms with Gasteiger partial charge in [-0.3, -0.25) is 14.5 Å². The molecule has 0 unspecified atom stereocenters. The number of amides is 1. The number of ketones is 1. The topological polar surface area (TPSA) is 40.6 Å². The summed E-state index contributed by atoms with van der Waals surface area (Å²) in [4.78, 5) is 26.5. The SMILES string of the molecule is CCCCN1CCCC(=O)C1.CCCCN1CCCCC1=O. The zero-order chi connectivity index (χ0) is 16.2. The highest BCUT2D eigenvalue weighted by Gasteiger charge is 2.16. The number of unbranched alkanes of at least 4 members (excludes halogenated alkanes) is 2. The van der Waals surface area contributed by atoms with Gasteiger partial charge in [-0.15, -0.1) is 0 Å². The Balaban J connectivity index is 0.000000220.